The van der Waals surface area contributed by atoms with Crippen LogP contribution in [-0.4, -0.2) is 0 Å². The Morgan fingerprint density at radius 2 is 2.50 bits per heavy atom. The Hall–Kier alpha value is -0.890. The van der Waals surface area contributed by atoms with Crippen LogP contribution in [0.3, 0.4) is 0 Å². The van der Waals surface area contributed by atoms with E-state index in [1.807, 2.05) is 6.07 Å². The van der Waals surface area contributed by atoms with Gasteiger partial charge < -0.3 is 0 Å². The van der Waals surface area contributed by atoms with Gasteiger partial charge >= 0.3 is 0 Å². The monoisotopic (exact) mass is 153 g/mol. The summed E-state index contributed by atoms with van der Waals surface area (Å²) in [6, 6.07) is 5.74. The maximum atomic E-state index is 8.43. The smallest absolute Gasteiger partial charge is 0.110 e. The van der Waals surface area contributed by atoms with Gasteiger partial charge in [-0.1, -0.05) is 0 Å². The maximum Gasteiger partial charge on any atom is 0.110 e. The fourth-order valence-electron chi connectivity index (χ4n) is 0.634. The van der Waals surface area contributed by atoms with E-state index in [0.717, 1.165) is 9.75 Å². The van der Waals surface area contributed by atoms with Crippen LogP contribution in [0.15, 0.2) is 12.1 Å². The maximum absolute atomic E-state index is 8.43. The molecule has 1 heterocycles. The lowest BCUT2D eigenvalue weighted by atomic mass is 10.4. The molecule has 0 unspecified atom stereocenters. The third-order valence-corrected chi connectivity index (χ3v) is 2.04. The molecule has 0 fully saturated rings. The minimum absolute atomic E-state index is 0.631. The summed E-state index contributed by atoms with van der Waals surface area (Å²) in [5.41, 5.74) is 2.52. The van der Waals surface area contributed by atoms with Gasteiger partial charge in [0, 0.05) is 11.4 Å². The number of hydrogen-bond donors (Lipinski definition) is 2. The first-order valence-electron chi connectivity index (χ1n) is 2.79. The zero-order chi connectivity index (χ0) is 7.40. The van der Waals surface area contributed by atoms with E-state index in [1.54, 1.807) is 6.07 Å². The second-order valence-corrected chi connectivity index (χ2v) is 2.93. The van der Waals surface area contributed by atoms with Crippen molar-refractivity contribution in [3.63, 3.8) is 0 Å². The minimum atomic E-state index is 0.631. The molecule has 0 spiro atoms. The number of nitriles is 1. The Balaban J connectivity index is 2.71. The highest BCUT2D eigenvalue weighted by Gasteiger charge is 1.95. The van der Waals surface area contributed by atoms with Gasteiger partial charge in [-0.25, -0.2) is 0 Å². The highest BCUT2D eigenvalue weighted by atomic mass is 32.1. The van der Waals surface area contributed by atoms with E-state index in [4.69, 9.17) is 11.1 Å². The van der Waals surface area contributed by atoms with Crippen molar-refractivity contribution in [2.75, 3.05) is 0 Å². The average Bonchev–Trinajstić information content (AvgIpc) is 2.37. The summed E-state index contributed by atoms with van der Waals surface area (Å²) in [6.07, 6.45) is 0. The van der Waals surface area contributed by atoms with Crippen molar-refractivity contribution in [1.29, 1.82) is 5.26 Å². The third-order valence-electron chi connectivity index (χ3n) is 1.05. The molecule has 10 heavy (non-hydrogen) atoms. The van der Waals surface area contributed by atoms with E-state index in [0.29, 0.717) is 6.54 Å². The van der Waals surface area contributed by atoms with E-state index >= 15 is 0 Å². The molecule has 52 valence electrons. The van der Waals surface area contributed by atoms with Gasteiger partial charge in [-0.3, -0.25) is 11.3 Å². The molecular weight excluding hydrogens is 146 g/mol. The van der Waals surface area contributed by atoms with Crippen molar-refractivity contribution in [2.45, 2.75) is 6.54 Å². The van der Waals surface area contributed by atoms with Gasteiger partial charge in [-0.2, -0.15) is 5.26 Å². The Bertz CT molecular complexity index is 248. The van der Waals surface area contributed by atoms with Crippen molar-refractivity contribution in [3.05, 3.63) is 21.9 Å². The molecular formula is C6H7N3S. The summed E-state index contributed by atoms with van der Waals surface area (Å²) < 4.78 is 0. The lowest BCUT2D eigenvalue weighted by Crippen LogP contribution is -2.19. The number of hydrogen-bond acceptors (Lipinski definition) is 4. The molecule has 1 aromatic rings. The van der Waals surface area contributed by atoms with Gasteiger partial charge in [0.25, 0.3) is 0 Å². The first-order chi connectivity index (χ1) is 4.86. The van der Waals surface area contributed by atoms with Gasteiger partial charge in [-0.15, -0.1) is 11.3 Å². The second-order valence-electron chi connectivity index (χ2n) is 1.76. The first-order valence-corrected chi connectivity index (χ1v) is 3.60. The fraction of sp³-hybridized carbons (Fsp3) is 0.167. The summed E-state index contributed by atoms with van der Waals surface area (Å²) in [5, 5.41) is 8.43. The molecule has 0 aromatic carbocycles. The minimum Gasteiger partial charge on any atom is -0.271 e. The number of nitrogens with zero attached hydrogens (tertiary/aromatic N) is 1. The molecule has 3 N–H and O–H groups in total. The molecule has 0 saturated carbocycles. The Morgan fingerprint density at radius 3 is 3.00 bits per heavy atom. The molecule has 0 aliphatic rings. The molecule has 0 bridgehead atoms. The van der Waals surface area contributed by atoms with Crippen molar-refractivity contribution in [2.24, 2.45) is 5.84 Å². The molecule has 0 saturated heterocycles. The highest BCUT2D eigenvalue weighted by molar-refractivity contribution is 7.12. The average molecular weight is 153 g/mol. The second kappa shape index (κ2) is 3.32. The van der Waals surface area contributed by atoms with E-state index in [1.165, 1.54) is 11.3 Å². The zero-order valence-corrected chi connectivity index (χ0v) is 6.11. The van der Waals surface area contributed by atoms with Crippen LogP contribution >= 0.6 is 11.3 Å². The number of nitrogens with one attached hydrogen (secondary N) is 1. The molecule has 4 heteroatoms. The largest absolute Gasteiger partial charge is 0.271 e. The van der Waals surface area contributed by atoms with Crippen LogP contribution in [0.1, 0.15) is 9.75 Å². The summed E-state index contributed by atoms with van der Waals surface area (Å²) in [7, 11) is 0. The van der Waals surface area contributed by atoms with Crippen LogP contribution in [0, 0.1) is 11.3 Å². The quantitative estimate of drug-likeness (QED) is 0.482. The SMILES string of the molecule is N#Cc1ccc(CNN)s1. The normalized spacial score (nSPS) is 9.20. The number of thiophene rings is 1. The molecule has 3 nitrogen and oxygen atoms in total. The van der Waals surface area contributed by atoms with Crippen molar-refractivity contribution in [3.8, 4) is 6.07 Å². The number of hydrazine groups is 1. The molecule has 0 aliphatic carbocycles. The first kappa shape index (κ1) is 7.22. The Morgan fingerprint density at radius 1 is 1.70 bits per heavy atom. The predicted molar refractivity (Wildman–Crippen MR) is 40.1 cm³/mol. The van der Waals surface area contributed by atoms with Gasteiger partial charge in [0.1, 0.15) is 10.9 Å². The van der Waals surface area contributed by atoms with Crippen LogP contribution < -0.4 is 11.3 Å². The fourth-order valence-corrected chi connectivity index (χ4v) is 1.39. The molecule has 1 rings (SSSR count). The van der Waals surface area contributed by atoms with Crippen molar-refractivity contribution < 1.29 is 0 Å². The van der Waals surface area contributed by atoms with E-state index in [9.17, 15) is 0 Å². The van der Waals surface area contributed by atoms with Gasteiger partial charge in [0.15, 0.2) is 0 Å². The van der Waals surface area contributed by atoms with Crippen LogP contribution in [0.5, 0.6) is 0 Å². The van der Waals surface area contributed by atoms with Crippen molar-refractivity contribution >= 4 is 11.3 Å². The van der Waals surface area contributed by atoms with E-state index in [-0.39, 0.29) is 0 Å². The third kappa shape index (κ3) is 1.54. The summed E-state index contributed by atoms with van der Waals surface area (Å²) in [6.45, 7) is 0.631. The molecule has 0 amide bonds. The zero-order valence-electron chi connectivity index (χ0n) is 5.29. The molecule has 0 atom stereocenters. The molecule has 0 radical (unpaired) electrons. The molecule has 0 aliphatic heterocycles. The number of rotatable bonds is 2. The molecule has 1 aromatic heterocycles. The standard InChI is InChI=1S/C6H7N3S/c7-3-5-1-2-6(10-5)4-9-8/h1-2,9H,4,8H2. The van der Waals surface area contributed by atoms with Crippen LogP contribution in [0.4, 0.5) is 0 Å². The lowest BCUT2D eigenvalue weighted by molar-refractivity contribution is 0.751. The summed E-state index contributed by atoms with van der Waals surface area (Å²) in [5.74, 6) is 5.09. The van der Waals surface area contributed by atoms with E-state index < -0.39 is 0 Å². The van der Waals surface area contributed by atoms with Crippen LogP contribution in [0.25, 0.3) is 0 Å². The Kier molecular flexibility index (Phi) is 2.40. The van der Waals surface area contributed by atoms with Gasteiger partial charge in [0.2, 0.25) is 0 Å². The van der Waals surface area contributed by atoms with Crippen LogP contribution in [-0.2, 0) is 6.54 Å². The van der Waals surface area contributed by atoms with Gasteiger partial charge in [-0.05, 0) is 12.1 Å². The predicted octanol–water partition coefficient (Wildman–Crippen LogP) is 0.583. The van der Waals surface area contributed by atoms with Crippen molar-refractivity contribution in [1.82, 2.24) is 5.43 Å². The topological polar surface area (TPSA) is 61.8 Å². The number of nitrogens with two attached hydrogens (primary N) is 1. The van der Waals surface area contributed by atoms with Crippen LogP contribution in [0.2, 0.25) is 0 Å². The highest BCUT2D eigenvalue weighted by Crippen LogP contribution is 2.14. The van der Waals surface area contributed by atoms with Gasteiger partial charge in [0.05, 0.1) is 0 Å². The lowest BCUT2D eigenvalue weighted by Gasteiger charge is -1.89. The summed E-state index contributed by atoms with van der Waals surface area (Å²) >= 11 is 1.45. The Labute approximate surface area is 63.1 Å². The summed E-state index contributed by atoms with van der Waals surface area (Å²) in [4.78, 5) is 1.81. The van der Waals surface area contributed by atoms with E-state index in [2.05, 4.69) is 11.5 Å².